The summed E-state index contributed by atoms with van der Waals surface area (Å²) in [6, 6.07) is 16.1. The highest BCUT2D eigenvalue weighted by atomic mass is 35.5. The van der Waals surface area contributed by atoms with E-state index in [9.17, 15) is 14.4 Å². The molecule has 1 saturated heterocycles. The number of anilines is 1. The maximum Gasteiger partial charge on any atom is 0.255 e. The summed E-state index contributed by atoms with van der Waals surface area (Å²) in [7, 11) is 3.34. The molecule has 182 valence electrons. The summed E-state index contributed by atoms with van der Waals surface area (Å²) >= 11 is 5.91. The average Bonchev–Trinajstić information content (AvgIpc) is 3.24. The molecule has 2 aromatic carbocycles. The lowest BCUT2D eigenvalue weighted by Gasteiger charge is -2.25. The van der Waals surface area contributed by atoms with Gasteiger partial charge in [0, 0.05) is 50.0 Å². The SMILES string of the molecule is CN1C[C@H](C(=O)NCc2ccc(Cl)cc2)[C@@H](C(=O)N(C)c2ccc(-n3ccccc3=O)cc2F)C1. The number of carbonyl (C=O) groups is 2. The maximum atomic E-state index is 15.0. The van der Waals surface area contributed by atoms with Crippen LogP contribution in [0.1, 0.15) is 5.56 Å². The molecular weight excluding hydrogens is 471 g/mol. The van der Waals surface area contributed by atoms with E-state index < -0.39 is 17.7 Å². The molecular formula is C26H26ClFN4O3. The number of likely N-dealkylation sites (tertiary alicyclic amines) is 1. The van der Waals surface area contributed by atoms with Gasteiger partial charge in [0.05, 0.1) is 23.2 Å². The second-order valence-corrected chi connectivity index (χ2v) is 9.16. The van der Waals surface area contributed by atoms with E-state index in [1.807, 2.05) is 24.1 Å². The molecule has 4 rings (SSSR count). The number of hydrogen-bond acceptors (Lipinski definition) is 4. The van der Waals surface area contributed by atoms with E-state index in [0.29, 0.717) is 30.3 Å². The number of amides is 2. The predicted octanol–water partition coefficient (Wildman–Crippen LogP) is 3.09. The Bertz CT molecular complexity index is 1290. The molecule has 7 nitrogen and oxygen atoms in total. The summed E-state index contributed by atoms with van der Waals surface area (Å²) in [4.78, 5) is 41.5. The number of nitrogens with zero attached hydrogens (tertiary/aromatic N) is 3. The number of nitrogens with one attached hydrogen (secondary N) is 1. The van der Waals surface area contributed by atoms with E-state index >= 15 is 4.39 Å². The maximum absolute atomic E-state index is 15.0. The van der Waals surface area contributed by atoms with Crippen LogP contribution in [0.15, 0.2) is 71.7 Å². The van der Waals surface area contributed by atoms with Gasteiger partial charge in [0.1, 0.15) is 5.82 Å². The molecule has 3 aromatic rings. The highest BCUT2D eigenvalue weighted by Gasteiger charge is 2.42. The third-order valence-electron chi connectivity index (χ3n) is 6.26. The second kappa shape index (κ2) is 10.4. The Morgan fingerprint density at radius 2 is 1.80 bits per heavy atom. The first kappa shape index (κ1) is 24.6. The van der Waals surface area contributed by atoms with E-state index in [-0.39, 0.29) is 23.1 Å². The molecule has 0 aliphatic carbocycles. The van der Waals surface area contributed by atoms with Gasteiger partial charge in [-0.2, -0.15) is 0 Å². The number of aromatic nitrogens is 1. The van der Waals surface area contributed by atoms with Gasteiger partial charge in [-0.1, -0.05) is 29.8 Å². The zero-order chi connectivity index (χ0) is 25.1. The van der Waals surface area contributed by atoms with Crippen LogP contribution in [0.4, 0.5) is 10.1 Å². The summed E-state index contributed by atoms with van der Waals surface area (Å²) in [6.45, 7) is 1.14. The number of pyridine rings is 1. The van der Waals surface area contributed by atoms with Crippen LogP contribution in [0.5, 0.6) is 0 Å². The zero-order valence-corrected chi connectivity index (χ0v) is 20.2. The fraction of sp³-hybridized carbons (Fsp3) is 0.269. The summed E-state index contributed by atoms with van der Waals surface area (Å²) in [5.41, 5.74) is 1.05. The molecule has 2 heterocycles. The fourth-order valence-electron chi connectivity index (χ4n) is 4.36. The van der Waals surface area contributed by atoms with Crippen molar-refractivity contribution in [1.29, 1.82) is 0 Å². The van der Waals surface area contributed by atoms with Gasteiger partial charge in [0.2, 0.25) is 11.8 Å². The van der Waals surface area contributed by atoms with E-state index in [1.54, 1.807) is 36.5 Å². The highest BCUT2D eigenvalue weighted by molar-refractivity contribution is 6.30. The summed E-state index contributed by atoms with van der Waals surface area (Å²) < 4.78 is 16.3. The van der Waals surface area contributed by atoms with Gasteiger partial charge < -0.3 is 15.1 Å². The summed E-state index contributed by atoms with van der Waals surface area (Å²) in [6.07, 6.45) is 1.55. The molecule has 2 atom stereocenters. The largest absolute Gasteiger partial charge is 0.352 e. The third-order valence-corrected chi connectivity index (χ3v) is 6.51. The Kier molecular flexibility index (Phi) is 7.33. The van der Waals surface area contributed by atoms with Gasteiger partial charge >= 0.3 is 0 Å². The van der Waals surface area contributed by atoms with E-state index in [2.05, 4.69) is 5.32 Å². The van der Waals surface area contributed by atoms with Crippen molar-refractivity contribution in [2.75, 3.05) is 32.1 Å². The van der Waals surface area contributed by atoms with Crippen molar-refractivity contribution >= 4 is 29.1 Å². The van der Waals surface area contributed by atoms with Crippen LogP contribution in [0.2, 0.25) is 5.02 Å². The summed E-state index contributed by atoms with van der Waals surface area (Å²) in [5, 5.41) is 3.51. The minimum atomic E-state index is -0.635. The number of hydrogen-bond donors (Lipinski definition) is 1. The van der Waals surface area contributed by atoms with Gasteiger partial charge in [0.15, 0.2) is 0 Å². The van der Waals surface area contributed by atoms with Crippen LogP contribution >= 0.6 is 11.6 Å². The molecule has 35 heavy (non-hydrogen) atoms. The minimum absolute atomic E-state index is 0.0811. The predicted molar refractivity (Wildman–Crippen MR) is 133 cm³/mol. The Labute approximate surface area is 207 Å². The number of benzene rings is 2. The monoisotopic (exact) mass is 496 g/mol. The first-order valence-corrected chi connectivity index (χ1v) is 11.6. The van der Waals surface area contributed by atoms with Crippen molar-refractivity contribution in [1.82, 2.24) is 14.8 Å². The zero-order valence-electron chi connectivity index (χ0n) is 19.4. The normalized spacial score (nSPS) is 17.8. The molecule has 1 aliphatic rings. The smallest absolute Gasteiger partial charge is 0.255 e. The lowest BCUT2D eigenvalue weighted by atomic mass is 9.93. The fourth-order valence-corrected chi connectivity index (χ4v) is 4.49. The van der Waals surface area contributed by atoms with Crippen molar-refractivity contribution in [2.24, 2.45) is 11.8 Å². The Morgan fingerprint density at radius 1 is 1.09 bits per heavy atom. The van der Waals surface area contributed by atoms with Gasteiger partial charge in [-0.25, -0.2) is 4.39 Å². The second-order valence-electron chi connectivity index (χ2n) is 8.72. The van der Waals surface area contributed by atoms with Crippen molar-refractivity contribution in [3.8, 4) is 5.69 Å². The molecule has 1 N–H and O–H groups in total. The average molecular weight is 497 g/mol. The molecule has 0 unspecified atom stereocenters. The lowest BCUT2D eigenvalue weighted by molar-refractivity contribution is -0.131. The quantitative estimate of drug-likeness (QED) is 0.569. The lowest BCUT2D eigenvalue weighted by Crippen LogP contribution is -2.42. The van der Waals surface area contributed by atoms with Crippen LogP contribution in [-0.4, -0.2) is 48.5 Å². The molecule has 1 aromatic heterocycles. The molecule has 0 radical (unpaired) electrons. The molecule has 0 bridgehead atoms. The minimum Gasteiger partial charge on any atom is -0.352 e. The summed E-state index contributed by atoms with van der Waals surface area (Å²) in [5.74, 6) is -2.39. The number of halogens is 2. The Morgan fingerprint density at radius 3 is 2.49 bits per heavy atom. The van der Waals surface area contributed by atoms with E-state index in [0.717, 1.165) is 5.56 Å². The molecule has 9 heteroatoms. The van der Waals surface area contributed by atoms with Crippen LogP contribution < -0.4 is 15.8 Å². The first-order chi connectivity index (χ1) is 16.7. The van der Waals surface area contributed by atoms with Crippen LogP contribution in [0.25, 0.3) is 5.69 Å². The molecule has 2 amide bonds. The molecule has 1 aliphatic heterocycles. The topological polar surface area (TPSA) is 74.7 Å². The molecule has 0 spiro atoms. The molecule has 1 fully saturated rings. The van der Waals surface area contributed by atoms with Crippen molar-refractivity contribution < 1.29 is 14.0 Å². The van der Waals surface area contributed by atoms with Crippen molar-refractivity contribution in [3.63, 3.8) is 0 Å². The van der Waals surface area contributed by atoms with Gasteiger partial charge in [0.25, 0.3) is 5.56 Å². The van der Waals surface area contributed by atoms with Gasteiger partial charge in [-0.05, 0) is 42.9 Å². The first-order valence-electron chi connectivity index (χ1n) is 11.2. The Balaban J connectivity index is 1.48. The van der Waals surface area contributed by atoms with Gasteiger partial charge in [-0.15, -0.1) is 0 Å². The number of carbonyl (C=O) groups excluding carboxylic acids is 2. The van der Waals surface area contributed by atoms with Gasteiger partial charge in [-0.3, -0.25) is 19.0 Å². The van der Waals surface area contributed by atoms with E-state index in [1.165, 1.54) is 34.7 Å². The van der Waals surface area contributed by atoms with Crippen LogP contribution in [0.3, 0.4) is 0 Å². The Hall–Kier alpha value is -3.49. The standard InChI is InChI=1S/C26H26ClFN4O3/c1-30-15-20(25(34)29-14-17-6-8-18(27)9-7-17)21(16-30)26(35)31(2)23-11-10-19(13-22(23)28)32-12-4-3-5-24(32)33/h3-13,20-21H,14-16H2,1-2H3,(H,29,34)/t20-,21-/m0/s1. The highest BCUT2D eigenvalue weighted by Crippen LogP contribution is 2.28. The third kappa shape index (κ3) is 5.44. The van der Waals surface area contributed by atoms with Crippen LogP contribution in [-0.2, 0) is 16.1 Å². The van der Waals surface area contributed by atoms with Crippen molar-refractivity contribution in [2.45, 2.75) is 6.54 Å². The van der Waals surface area contributed by atoms with Crippen molar-refractivity contribution in [3.05, 3.63) is 93.6 Å². The van der Waals surface area contributed by atoms with Crippen LogP contribution in [0, 0.1) is 17.7 Å². The number of rotatable bonds is 6. The van der Waals surface area contributed by atoms with E-state index in [4.69, 9.17) is 11.6 Å². The molecule has 0 saturated carbocycles.